The molecule has 1 aromatic carbocycles. The lowest BCUT2D eigenvalue weighted by atomic mass is 10.4. The van der Waals surface area contributed by atoms with Gasteiger partial charge in [-0.3, -0.25) is 4.57 Å². The molecule has 20 heavy (non-hydrogen) atoms. The van der Waals surface area contributed by atoms with Crippen LogP contribution in [0.4, 0.5) is 10.2 Å². The van der Waals surface area contributed by atoms with E-state index in [-0.39, 0.29) is 11.4 Å². The van der Waals surface area contributed by atoms with E-state index in [1.54, 1.807) is 13.0 Å². The first-order chi connectivity index (χ1) is 9.39. The van der Waals surface area contributed by atoms with Gasteiger partial charge in [0.05, 0.1) is 4.90 Å². The summed E-state index contributed by atoms with van der Waals surface area (Å²) in [6, 6.07) is 7.17. The van der Waals surface area contributed by atoms with Crippen molar-refractivity contribution in [2.24, 2.45) is 0 Å². The molecule has 0 aliphatic rings. The molecule has 8 heteroatoms. The van der Waals surface area contributed by atoms with Crippen molar-refractivity contribution in [1.29, 1.82) is 0 Å². The molecule has 0 saturated carbocycles. The molecule has 0 aliphatic carbocycles. The quantitative estimate of drug-likeness (QED) is 0.846. The van der Waals surface area contributed by atoms with Crippen molar-refractivity contribution in [2.45, 2.75) is 23.4 Å². The van der Waals surface area contributed by atoms with E-state index in [1.165, 1.54) is 24.3 Å². The number of nitrogens with two attached hydrogens (primary N) is 1. The topological polar surface area (TPSA) is 95.1 Å². The summed E-state index contributed by atoms with van der Waals surface area (Å²) in [5.41, 5.74) is 4.55. The predicted octanol–water partition coefficient (Wildman–Crippen LogP) is 0.817. The standard InChI is InChI=1S/C12H12FN3O3S/c1-2-16-10(14)9(13)11(15-12(16)17)20(18,19)8-6-4-3-5-7-8/h3-7H,2,14H2,1H3. The Labute approximate surface area is 114 Å². The minimum absolute atomic E-state index is 0.0975. The van der Waals surface area contributed by atoms with Gasteiger partial charge in [-0.05, 0) is 19.1 Å². The first kappa shape index (κ1) is 14.2. The molecule has 2 N–H and O–H groups in total. The minimum Gasteiger partial charge on any atom is -0.382 e. The molecule has 1 heterocycles. The predicted molar refractivity (Wildman–Crippen MR) is 70.4 cm³/mol. The van der Waals surface area contributed by atoms with Gasteiger partial charge in [-0.1, -0.05) is 18.2 Å². The Bertz CT molecular complexity index is 801. The molecule has 0 amide bonds. The van der Waals surface area contributed by atoms with E-state index in [2.05, 4.69) is 4.98 Å². The lowest BCUT2D eigenvalue weighted by Crippen LogP contribution is -2.29. The van der Waals surface area contributed by atoms with Gasteiger partial charge in [0.25, 0.3) is 0 Å². The van der Waals surface area contributed by atoms with Crippen molar-refractivity contribution < 1.29 is 12.8 Å². The van der Waals surface area contributed by atoms with Gasteiger partial charge < -0.3 is 5.73 Å². The SMILES string of the molecule is CCn1c(N)c(F)c(S(=O)(=O)c2ccccc2)nc1=O. The first-order valence-corrected chi connectivity index (χ1v) is 7.23. The Morgan fingerprint density at radius 1 is 1.30 bits per heavy atom. The molecular weight excluding hydrogens is 285 g/mol. The summed E-state index contributed by atoms with van der Waals surface area (Å²) < 4.78 is 39.4. The van der Waals surface area contributed by atoms with Gasteiger partial charge in [-0.25, -0.2) is 13.2 Å². The van der Waals surface area contributed by atoms with Crippen molar-refractivity contribution >= 4 is 15.7 Å². The summed E-state index contributed by atoms with van der Waals surface area (Å²) in [4.78, 5) is 14.8. The number of halogens is 1. The molecule has 0 atom stereocenters. The fourth-order valence-corrected chi connectivity index (χ4v) is 3.00. The number of sulfone groups is 1. The van der Waals surface area contributed by atoms with E-state index >= 15 is 0 Å². The van der Waals surface area contributed by atoms with Crippen LogP contribution in [-0.2, 0) is 16.4 Å². The Morgan fingerprint density at radius 2 is 1.90 bits per heavy atom. The molecule has 0 aliphatic heterocycles. The van der Waals surface area contributed by atoms with Gasteiger partial charge in [-0.2, -0.15) is 9.37 Å². The Balaban J connectivity index is 2.75. The second-order valence-electron chi connectivity index (χ2n) is 3.96. The summed E-state index contributed by atoms with van der Waals surface area (Å²) in [5.74, 6) is -1.75. The van der Waals surface area contributed by atoms with E-state index in [4.69, 9.17) is 5.73 Å². The molecular formula is C12H12FN3O3S. The number of anilines is 1. The highest BCUT2D eigenvalue weighted by Gasteiger charge is 2.27. The van der Waals surface area contributed by atoms with Crippen molar-refractivity contribution in [3.8, 4) is 0 Å². The smallest absolute Gasteiger partial charge is 0.350 e. The van der Waals surface area contributed by atoms with Crippen LogP contribution in [0.2, 0.25) is 0 Å². The maximum Gasteiger partial charge on any atom is 0.350 e. The lowest BCUT2D eigenvalue weighted by molar-refractivity contribution is 0.528. The number of rotatable bonds is 3. The Hall–Kier alpha value is -2.22. The van der Waals surface area contributed by atoms with Gasteiger partial charge in [0.1, 0.15) is 5.82 Å². The number of hydrogen-bond acceptors (Lipinski definition) is 5. The molecule has 0 radical (unpaired) electrons. The van der Waals surface area contributed by atoms with E-state index < -0.39 is 32.2 Å². The average molecular weight is 297 g/mol. The van der Waals surface area contributed by atoms with Crippen LogP contribution in [0.1, 0.15) is 6.92 Å². The van der Waals surface area contributed by atoms with Gasteiger partial charge >= 0.3 is 5.69 Å². The number of nitrogen functional groups attached to an aromatic ring is 1. The van der Waals surface area contributed by atoms with E-state index in [0.717, 1.165) is 4.57 Å². The zero-order valence-electron chi connectivity index (χ0n) is 10.6. The molecule has 1 aromatic heterocycles. The van der Waals surface area contributed by atoms with Crippen LogP contribution in [0, 0.1) is 5.82 Å². The fourth-order valence-electron chi connectivity index (χ4n) is 1.72. The molecule has 2 rings (SSSR count). The monoisotopic (exact) mass is 297 g/mol. The third-order valence-electron chi connectivity index (χ3n) is 2.76. The summed E-state index contributed by atoms with van der Waals surface area (Å²) >= 11 is 0. The van der Waals surface area contributed by atoms with Crippen LogP contribution < -0.4 is 11.4 Å². The molecule has 0 unspecified atom stereocenters. The summed E-state index contributed by atoms with van der Waals surface area (Å²) in [7, 11) is -4.22. The molecule has 0 spiro atoms. The largest absolute Gasteiger partial charge is 0.382 e. The summed E-state index contributed by atoms with van der Waals surface area (Å²) in [6.07, 6.45) is 0. The highest BCUT2D eigenvalue weighted by Crippen LogP contribution is 2.22. The lowest BCUT2D eigenvalue weighted by Gasteiger charge is -2.10. The molecule has 0 bridgehead atoms. The van der Waals surface area contributed by atoms with Crippen molar-refractivity contribution in [3.05, 3.63) is 46.6 Å². The molecule has 106 valence electrons. The van der Waals surface area contributed by atoms with Gasteiger partial charge in [-0.15, -0.1) is 0 Å². The number of hydrogen-bond donors (Lipinski definition) is 1. The van der Waals surface area contributed by atoms with E-state index in [0.29, 0.717) is 0 Å². The van der Waals surface area contributed by atoms with Gasteiger partial charge in [0.2, 0.25) is 20.7 Å². The normalized spacial score (nSPS) is 11.5. The van der Waals surface area contributed by atoms with Crippen LogP contribution in [0.3, 0.4) is 0 Å². The maximum atomic E-state index is 14.1. The Morgan fingerprint density at radius 3 is 2.45 bits per heavy atom. The molecule has 0 saturated heterocycles. The van der Waals surface area contributed by atoms with Crippen LogP contribution in [0.25, 0.3) is 0 Å². The zero-order chi connectivity index (χ0) is 14.9. The van der Waals surface area contributed by atoms with Crippen molar-refractivity contribution in [2.75, 3.05) is 5.73 Å². The highest BCUT2D eigenvalue weighted by atomic mass is 32.2. The second kappa shape index (κ2) is 5.04. The van der Waals surface area contributed by atoms with Gasteiger partial charge in [0, 0.05) is 6.54 Å². The van der Waals surface area contributed by atoms with Crippen LogP contribution >= 0.6 is 0 Å². The fraction of sp³-hybridized carbons (Fsp3) is 0.167. The molecule has 0 fully saturated rings. The number of nitrogens with zero attached hydrogens (tertiary/aromatic N) is 2. The van der Waals surface area contributed by atoms with Gasteiger partial charge in [0.15, 0.2) is 0 Å². The Kier molecular flexibility index (Phi) is 3.58. The summed E-state index contributed by atoms with van der Waals surface area (Å²) in [5, 5.41) is -0.948. The minimum atomic E-state index is -4.22. The third kappa shape index (κ3) is 2.18. The van der Waals surface area contributed by atoms with Crippen molar-refractivity contribution in [1.82, 2.24) is 9.55 Å². The number of aromatic nitrogens is 2. The molecule has 2 aromatic rings. The van der Waals surface area contributed by atoms with Crippen LogP contribution in [0.5, 0.6) is 0 Å². The molecule has 6 nitrogen and oxygen atoms in total. The number of benzene rings is 1. The first-order valence-electron chi connectivity index (χ1n) is 5.75. The highest BCUT2D eigenvalue weighted by molar-refractivity contribution is 7.91. The van der Waals surface area contributed by atoms with Crippen LogP contribution in [-0.4, -0.2) is 18.0 Å². The second-order valence-corrected chi connectivity index (χ2v) is 5.82. The van der Waals surface area contributed by atoms with E-state index in [1.807, 2.05) is 0 Å². The van der Waals surface area contributed by atoms with Crippen molar-refractivity contribution in [3.63, 3.8) is 0 Å². The van der Waals surface area contributed by atoms with E-state index in [9.17, 15) is 17.6 Å². The summed E-state index contributed by atoms with van der Waals surface area (Å²) in [6.45, 7) is 1.67. The average Bonchev–Trinajstić information content (AvgIpc) is 2.44. The zero-order valence-corrected chi connectivity index (χ0v) is 11.4. The van der Waals surface area contributed by atoms with Crippen LogP contribution in [0.15, 0.2) is 45.0 Å². The third-order valence-corrected chi connectivity index (χ3v) is 4.43. The maximum absolute atomic E-state index is 14.1.